The SMILES string of the molecule is CC(C)(C)c1ccc(C2(O)CCCC(C3CC3)C2)cc1. The van der Waals surface area contributed by atoms with Crippen molar-refractivity contribution in [3.8, 4) is 0 Å². The van der Waals surface area contributed by atoms with E-state index >= 15 is 0 Å². The van der Waals surface area contributed by atoms with Gasteiger partial charge in [-0.2, -0.15) is 0 Å². The molecule has 0 spiro atoms. The van der Waals surface area contributed by atoms with E-state index in [-0.39, 0.29) is 5.41 Å². The number of rotatable bonds is 2. The molecule has 1 aromatic rings. The lowest BCUT2D eigenvalue weighted by Crippen LogP contribution is -2.33. The smallest absolute Gasteiger partial charge is 0.0899 e. The summed E-state index contributed by atoms with van der Waals surface area (Å²) >= 11 is 0. The number of hydrogen-bond donors (Lipinski definition) is 1. The van der Waals surface area contributed by atoms with Crippen molar-refractivity contribution >= 4 is 0 Å². The number of hydrogen-bond acceptors (Lipinski definition) is 1. The Morgan fingerprint density at radius 2 is 1.65 bits per heavy atom. The minimum Gasteiger partial charge on any atom is -0.385 e. The molecule has 110 valence electrons. The molecule has 2 atom stereocenters. The Bertz CT molecular complexity index is 464. The van der Waals surface area contributed by atoms with E-state index in [2.05, 4.69) is 45.0 Å². The van der Waals surface area contributed by atoms with Gasteiger partial charge in [-0.05, 0) is 66.9 Å². The summed E-state index contributed by atoms with van der Waals surface area (Å²) in [5.41, 5.74) is 2.10. The van der Waals surface area contributed by atoms with Crippen LogP contribution in [0.15, 0.2) is 24.3 Å². The molecule has 2 fully saturated rings. The molecule has 0 amide bonds. The molecule has 2 aliphatic rings. The lowest BCUT2D eigenvalue weighted by atomic mass is 9.72. The van der Waals surface area contributed by atoms with Gasteiger partial charge in [0.2, 0.25) is 0 Å². The van der Waals surface area contributed by atoms with Gasteiger partial charge >= 0.3 is 0 Å². The first-order valence-electron chi connectivity index (χ1n) is 8.22. The minimum atomic E-state index is -0.568. The molecule has 0 radical (unpaired) electrons. The van der Waals surface area contributed by atoms with Crippen LogP contribution in [0.2, 0.25) is 0 Å². The molecule has 2 saturated carbocycles. The van der Waals surface area contributed by atoms with E-state index in [9.17, 15) is 5.11 Å². The summed E-state index contributed by atoms with van der Waals surface area (Å²) in [7, 11) is 0. The molecule has 20 heavy (non-hydrogen) atoms. The third-order valence-electron chi connectivity index (χ3n) is 5.34. The van der Waals surface area contributed by atoms with E-state index in [1.54, 1.807) is 0 Å². The number of benzene rings is 1. The molecule has 0 bridgehead atoms. The maximum absolute atomic E-state index is 11.1. The van der Waals surface area contributed by atoms with Gasteiger partial charge in [-0.3, -0.25) is 0 Å². The van der Waals surface area contributed by atoms with Crippen LogP contribution in [0, 0.1) is 11.8 Å². The Morgan fingerprint density at radius 1 is 1.00 bits per heavy atom. The Labute approximate surface area is 123 Å². The highest BCUT2D eigenvalue weighted by atomic mass is 16.3. The molecule has 2 unspecified atom stereocenters. The van der Waals surface area contributed by atoms with Crippen molar-refractivity contribution in [3.05, 3.63) is 35.4 Å². The highest BCUT2D eigenvalue weighted by Gasteiger charge is 2.41. The fraction of sp³-hybridized carbons (Fsp3) is 0.684. The van der Waals surface area contributed by atoms with Gasteiger partial charge in [0, 0.05) is 0 Å². The van der Waals surface area contributed by atoms with Crippen molar-refractivity contribution in [1.82, 2.24) is 0 Å². The van der Waals surface area contributed by atoms with E-state index in [0.717, 1.165) is 30.2 Å². The summed E-state index contributed by atoms with van der Waals surface area (Å²) < 4.78 is 0. The Hall–Kier alpha value is -0.820. The van der Waals surface area contributed by atoms with Crippen molar-refractivity contribution < 1.29 is 5.11 Å². The molecule has 0 aliphatic heterocycles. The van der Waals surface area contributed by atoms with Crippen LogP contribution >= 0.6 is 0 Å². The van der Waals surface area contributed by atoms with Gasteiger partial charge in [0.25, 0.3) is 0 Å². The molecular weight excluding hydrogens is 244 g/mol. The lowest BCUT2D eigenvalue weighted by Gasteiger charge is -2.38. The third-order valence-corrected chi connectivity index (χ3v) is 5.34. The van der Waals surface area contributed by atoms with Crippen LogP contribution in [0.4, 0.5) is 0 Å². The average molecular weight is 272 g/mol. The van der Waals surface area contributed by atoms with Crippen LogP contribution in [0.1, 0.15) is 70.4 Å². The number of aliphatic hydroxyl groups is 1. The molecule has 0 heterocycles. The normalized spacial score (nSPS) is 31.3. The first kappa shape index (κ1) is 14.1. The summed E-state index contributed by atoms with van der Waals surface area (Å²) in [4.78, 5) is 0. The first-order valence-corrected chi connectivity index (χ1v) is 8.22. The van der Waals surface area contributed by atoms with E-state index in [1.165, 1.54) is 31.2 Å². The van der Waals surface area contributed by atoms with Gasteiger partial charge in [0.1, 0.15) is 0 Å². The third kappa shape index (κ3) is 2.79. The monoisotopic (exact) mass is 272 g/mol. The zero-order valence-electron chi connectivity index (χ0n) is 13.2. The van der Waals surface area contributed by atoms with Gasteiger partial charge in [-0.1, -0.05) is 45.0 Å². The van der Waals surface area contributed by atoms with E-state index in [4.69, 9.17) is 0 Å². The van der Waals surface area contributed by atoms with Gasteiger partial charge in [-0.25, -0.2) is 0 Å². The maximum atomic E-state index is 11.1. The van der Waals surface area contributed by atoms with Crippen molar-refractivity contribution in [2.24, 2.45) is 11.8 Å². The summed E-state index contributed by atoms with van der Waals surface area (Å²) in [6, 6.07) is 8.73. The molecule has 0 aromatic heterocycles. The summed E-state index contributed by atoms with van der Waals surface area (Å²) in [6.45, 7) is 6.71. The first-order chi connectivity index (χ1) is 9.38. The van der Waals surface area contributed by atoms with Gasteiger partial charge in [-0.15, -0.1) is 0 Å². The van der Waals surface area contributed by atoms with Crippen LogP contribution in [0.5, 0.6) is 0 Å². The molecule has 1 aromatic carbocycles. The van der Waals surface area contributed by atoms with Crippen LogP contribution in [0.3, 0.4) is 0 Å². The highest BCUT2D eigenvalue weighted by Crippen LogP contribution is 2.49. The summed E-state index contributed by atoms with van der Waals surface area (Å²) in [5, 5.41) is 11.1. The fourth-order valence-electron chi connectivity index (χ4n) is 3.81. The zero-order valence-corrected chi connectivity index (χ0v) is 13.2. The average Bonchev–Trinajstić information content (AvgIpc) is 3.22. The molecule has 2 aliphatic carbocycles. The Balaban J connectivity index is 1.79. The van der Waals surface area contributed by atoms with Crippen LogP contribution in [-0.4, -0.2) is 5.11 Å². The predicted molar refractivity (Wildman–Crippen MR) is 83.7 cm³/mol. The Kier molecular flexibility index (Phi) is 3.44. The molecular formula is C19H28O. The second kappa shape index (κ2) is 4.87. The van der Waals surface area contributed by atoms with Crippen molar-refractivity contribution in [3.63, 3.8) is 0 Å². The second-order valence-electron chi connectivity index (χ2n) is 8.05. The largest absolute Gasteiger partial charge is 0.385 e. The summed E-state index contributed by atoms with van der Waals surface area (Å²) in [5.74, 6) is 1.67. The van der Waals surface area contributed by atoms with Crippen molar-refractivity contribution in [2.45, 2.75) is 70.3 Å². The highest BCUT2D eigenvalue weighted by molar-refractivity contribution is 5.31. The van der Waals surface area contributed by atoms with E-state index in [1.807, 2.05) is 0 Å². The molecule has 0 saturated heterocycles. The Morgan fingerprint density at radius 3 is 2.20 bits per heavy atom. The van der Waals surface area contributed by atoms with E-state index < -0.39 is 5.60 Å². The molecule has 1 N–H and O–H groups in total. The minimum absolute atomic E-state index is 0.185. The van der Waals surface area contributed by atoms with Gasteiger partial charge in [0.15, 0.2) is 0 Å². The molecule has 1 nitrogen and oxygen atoms in total. The van der Waals surface area contributed by atoms with Crippen LogP contribution in [-0.2, 0) is 11.0 Å². The van der Waals surface area contributed by atoms with Crippen LogP contribution in [0.25, 0.3) is 0 Å². The van der Waals surface area contributed by atoms with Crippen LogP contribution < -0.4 is 0 Å². The maximum Gasteiger partial charge on any atom is 0.0899 e. The quantitative estimate of drug-likeness (QED) is 0.822. The standard InChI is InChI=1S/C19H28O/c1-18(2,3)16-8-10-17(11-9-16)19(20)12-4-5-15(13-19)14-6-7-14/h8-11,14-15,20H,4-7,12-13H2,1-3H3. The second-order valence-corrected chi connectivity index (χ2v) is 8.05. The van der Waals surface area contributed by atoms with Gasteiger partial charge < -0.3 is 5.11 Å². The zero-order chi connectivity index (χ0) is 14.4. The predicted octanol–water partition coefficient (Wildman–Crippen LogP) is 4.77. The fourth-order valence-corrected chi connectivity index (χ4v) is 3.81. The summed E-state index contributed by atoms with van der Waals surface area (Å²) in [6.07, 6.45) is 7.21. The lowest BCUT2D eigenvalue weighted by molar-refractivity contribution is -0.0251. The topological polar surface area (TPSA) is 20.2 Å². The van der Waals surface area contributed by atoms with Crippen molar-refractivity contribution in [1.29, 1.82) is 0 Å². The molecule has 1 heteroatoms. The molecule has 3 rings (SSSR count). The van der Waals surface area contributed by atoms with Crippen molar-refractivity contribution in [2.75, 3.05) is 0 Å². The van der Waals surface area contributed by atoms with E-state index in [0.29, 0.717) is 0 Å². The van der Waals surface area contributed by atoms with Gasteiger partial charge in [0.05, 0.1) is 5.60 Å².